The van der Waals surface area contributed by atoms with E-state index in [2.05, 4.69) is 55.0 Å². The standard InChI is InChI=1S/C27H43N3O3S/c1-26(2,3)24(18-28-4)29-25(31)30-15-9-10-20(19-30)27(32,14-6-7-16-33-5)22-11-8-12-23-21(22)13-17-34-23/h8,11-13,17,20,24,28,32H,6-7,9-10,14-16,18-19H2,1-5H3,(H,29,31)/t20-,24-,27+/m1/s1. The lowest BCUT2D eigenvalue weighted by Crippen LogP contribution is -2.56. The van der Waals surface area contributed by atoms with Crippen LogP contribution in [-0.4, -0.2) is 62.5 Å². The number of fused-ring (bicyclic) bond motifs is 1. The van der Waals surface area contributed by atoms with Gasteiger partial charge >= 0.3 is 6.03 Å². The summed E-state index contributed by atoms with van der Waals surface area (Å²) >= 11 is 1.70. The van der Waals surface area contributed by atoms with Gasteiger partial charge in [-0.25, -0.2) is 4.79 Å². The Balaban J connectivity index is 1.83. The zero-order chi connectivity index (χ0) is 24.8. The molecule has 0 radical (unpaired) electrons. The molecule has 190 valence electrons. The molecule has 0 unspecified atom stereocenters. The number of ether oxygens (including phenoxy) is 1. The summed E-state index contributed by atoms with van der Waals surface area (Å²) < 4.78 is 6.44. The van der Waals surface area contributed by atoms with E-state index in [1.54, 1.807) is 18.4 Å². The molecule has 2 amide bonds. The van der Waals surface area contributed by atoms with Gasteiger partial charge in [0.25, 0.3) is 0 Å². The number of aliphatic hydroxyl groups is 1. The van der Waals surface area contributed by atoms with Crippen LogP contribution in [0.25, 0.3) is 10.1 Å². The highest BCUT2D eigenvalue weighted by Crippen LogP contribution is 2.43. The van der Waals surface area contributed by atoms with Crippen molar-refractivity contribution in [2.24, 2.45) is 11.3 Å². The Labute approximate surface area is 209 Å². The van der Waals surface area contributed by atoms with Crippen LogP contribution in [0.1, 0.15) is 58.4 Å². The molecule has 3 atom stereocenters. The summed E-state index contributed by atoms with van der Waals surface area (Å²) in [7, 11) is 3.63. The molecule has 1 aliphatic rings. The van der Waals surface area contributed by atoms with Crippen LogP contribution in [0.4, 0.5) is 4.79 Å². The Kier molecular flexibility index (Phi) is 9.38. The minimum absolute atomic E-state index is 0.0163. The number of methoxy groups -OCH3 is 1. The molecule has 3 rings (SSSR count). The normalized spacial score (nSPS) is 19.7. The van der Waals surface area contributed by atoms with E-state index in [4.69, 9.17) is 4.74 Å². The second-order valence-electron chi connectivity index (χ2n) is 10.7. The lowest BCUT2D eigenvalue weighted by molar-refractivity contribution is -0.0553. The summed E-state index contributed by atoms with van der Waals surface area (Å²) in [5.74, 6) is -0.0163. The fourth-order valence-corrected chi connectivity index (χ4v) is 5.95. The van der Waals surface area contributed by atoms with Gasteiger partial charge in [0, 0.05) is 50.0 Å². The Morgan fingerprint density at radius 1 is 1.29 bits per heavy atom. The second kappa shape index (κ2) is 11.8. The van der Waals surface area contributed by atoms with Crippen molar-refractivity contribution in [2.75, 3.05) is 40.4 Å². The van der Waals surface area contributed by atoms with Gasteiger partial charge in [-0.3, -0.25) is 0 Å². The van der Waals surface area contributed by atoms with Crippen molar-refractivity contribution in [2.45, 2.75) is 64.5 Å². The van der Waals surface area contributed by atoms with Crippen molar-refractivity contribution in [3.05, 3.63) is 35.2 Å². The van der Waals surface area contributed by atoms with Crippen LogP contribution < -0.4 is 10.6 Å². The third kappa shape index (κ3) is 6.30. The third-order valence-electron chi connectivity index (χ3n) is 7.25. The van der Waals surface area contributed by atoms with E-state index in [0.717, 1.165) is 49.7 Å². The second-order valence-corrected chi connectivity index (χ2v) is 11.7. The van der Waals surface area contributed by atoms with Gasteiger partial charge in [0.15, 0.2) is 0 Å². The molecular formula is C27H43N3O3S. The number of likely N-dealkylation sites (N-methyl/N-ethyl adjacent to an activating group) is 1. The fraction of sp³-hybridized carbons (Fsp3) is 0.667. The van der Waals surface area contributed by atoms with Crippen LogP contribution in [0.5, 0.6) is 0 Å². The molecule has 7 heteroatoms. The van der Waals surface area contributed by atoms with E-state index in [9.17, 15) is 9.90 Å². The number of unbranched alkanes of at least 4 members (excludes halogenated alkanes) is 1. The van der Waals surface area contributed by atoms with Gasteiger partial charge in [0.2, 0.25) is 0 Å². The van der Waals surface area contributed by atoms with Crippen molar-refractivity contribution in [1.82, 2.24) is 15.5 Å². The molecule has 1 aromatic carbocycles. The predicted molar refractivity (Wildman–Crippen MR) is 141 cm³/mol. The summed E-state index contributed by atoms with van der Waals surface area (Å²) in [5.41, 5.74) is -0.0367. The molecule has 1 aliphatic heterocycles. The number of likely N-dealkylation sites (tertiary alicyclic amines) is 1. The highest BCUT2D eigenvalue weighted by atomic mass is 32.1. The molecule has 1 saturated heterocycles. The molecule has 2 aromatic rings. The number of nitrogens with one attached hydrogen (secondary N) is 2. The average Bonchev–Trinajstić information content (AvgIpc) is 3.30. The largest absolute Gasteiger partial charge is 0.385 e. The number of hydrogen-bond acceptors (Lipinski definition) is 5. The number of piperidine rings is 1. The maximum Gasteiger partial charge on any atom is 0.317 e. The molecular weight excluding hydrogens is 446 g/mol. The molecule has 3 N–H and O–H groups in total. The molecule has 1 fully saturated rings. The number of thiophene rings is 1. The zero-order valence-electron chi connectivity index (χ0n) is 21.5. The molecule has 0 bridgehead atoms. The number of urea groups is 1. The molecule has 2 heterocycles. The van der Waals surface area contributed by atoms with E-state index in [1.807, 2.05) is 18.0 Å². The monoisotopic (exact) mass is 489 g/mol. The van der Waals surface area contributed by atoms with Gasteiger partial charge in [0.05, 0.1) is 5.60 Å². The Bertz CT molecular complexity index is 925. The lowest BCUT2D eigenvalue weighted by atomic mass is 9.73. The summed E-state index contributed by atoms with van der Waals surface area (Å²) in [6.45, 7) is 9.14. The van der Waals surface area contributed by atoms with Crippen LogP contribution in [0.2, 0.25) is 0 Å². The van der Waals surface area contributed by atoms with E-state index < -0.39 is 5.60 Å². The lowest BCUT2D eigenvalue weighted by Gasteiger charge is -2.44. The molecule has 0 saturated carbocycles. The van der Waals surface area contributed by atoms with E-state index in [0.29, 0.717) is 19.6 Å². The first-order valence-corrected chi connectivity index (χ1v) is 13.5. The van der Waals surface area contributed by atoms with E-state index >= 15 is 0 Å². The van der Waals surface area contributed by atoms with Gasteiger partial charge < -0.3 is 25.4 Å². The SMILES string of the molecule is CNC[C@@H](NC(=O)N1CCC[C@@H]([C@@](O)(CCCCOC)c2cccc3sccc23)C1)C(C)(C)C. The van der Waals surface area contributed by atoms with Crippen molar-refractivity contribution < 1.29 is 14.6 Å². The van der Waals surface area contributed by atoms with Crippen molar-refractivity contribution in [3.8, 4) is 0 Å². The summed E-state index contributed by atoms with van der Waals surface area (Å²) in [6.07, 6.45) is 4.25. The van der Waals surface area contributed by atoms with Crippen LogP contribution in [-0.2, 0) is 10.3 Å². The topological polar surface area (TPSA) is 73.8 Å². The van der Waals surface area contributed by atoms with Gasteiger partial charge in [-0.2, -0.15) is 0 Å². The Hall–Kier alpha value is -1.67. The first kappa shape index (κ1) is 26.9. The molecule has 6 nitrogen and oxygen atoms in total. The van der Waals surface area contributed by atoms with Crippen LogP contribution in [0.15, 0.2) is 29.6 Å². The first-order chi connectivity index (χ1) is 16.2. The summed E-state index contributed by atoms with van der Waals surface area (Å²) in [6, 6.07) is 8.35. The first-order valence-electron chi connectivity index (χ1n) is 12.6. The highest BCUT2D eigenvalue weighted by Gasteiger charge is 2.42. The van der Waals surface area contributed by atoms with Crippen LogP contribution in [0.3, 0.4) is 0 Å². The number of carbonyl (C=O) groups is 1. The molecule has 0 spiro atoms. The number of benzene rings is 1. The highest BCUT2D eigenvalue weighted by molar-refractivity contribution is 7.17. The average molecular weight is 490 g/mol. The van der Waals surface area contributed by atoms with Gasteiger partial charge in [-0.15, -0.1) is 11.3 Å². The summed E-state index contributed by atoms with van der Waals surface area (Å²) in [4.78, 5) is 15.2. The van der Waals surface area contributed by atoms with Crippen LogP contribution >= 0.6 is 11.3 Å². The number of nitrogens with zero attached hydrogens (tertiary/aromatic N) is 1. The predicted octanol–water partition coefficient (Wildman–Crippen LogP) is 4.96. The van der Waals surface area contributed by atoms with Gasteiger partial charge in [0.1, 0.15) is 0 Å². The number of amides is 2. The quantitative estimate of drug-likeness (QED) is 0.412. The van der Waals surface area contributed by atoms with Crippen molar-refractivity contribution in [1.29, 1.82) is 0 Å². The Morgan fingerprint density at radius 2 is 2.09 bits per heavy atom. The van der Waals surface area contributed by atoms with Crippen molar-refractivity contribution in [3.63, 3.8) is 0 Å². The Morgan fingerprint density at radius 3 is 2.79 bits per heavy atom. The van der Waals surface area contributed by atoms with E-state index in [-0.39, 0.29) is 23.4 Å². The number of carbonyl (C=O) groups excluding carboxylic acids is 1. The molecule has 1 aromatic heterocycles. The molecule has 0 aliphatic carbocycles. The van der Waals surface area contributed by atoms with Crippen LogP contribution in [0, 0.1) is 11.3 Å². The fourth-order valence-electron chi connectivity index (χ4n) is 5.14. The van der Waals surface area contributed by atoms with Crippen molar-refractivity contribution >= 4 is 27.5 Å². The van der Waals surface area contributed by atoms with Gasteiger partial charge in [-0.1, -0.05) is 32.9 Å². The maximum absolute atomic E-state index is 13.3. The zero-order valence-corrected chi connectivity index (χ0v) is 22.3. The molecule has 34 heavy (non-hydrogen) atoms. The third-order valence-corrected chi connectivity index (χ3v) is 8.14. The maximum atomic E-state index is 13.3. The minimum atomic E-state index is -0.984. The number of rotatable bonds is 10. The smallest absolute Gasteiger partial charge is 0.317 e. The number of hydrogen-bond donors (Lipinski definition) is 3. The minimum Gasteiger partial charge on any atom is -0.385 e. The summed E-state index contributed by atoms with van der Waals surface area (Å²) in [5, 5.41) is 22.0. The van der Waals surface area contributed by atoms with E-state index in [1.165, 1.54) is 4.70 Å². The van der Waals surface area contributed by atoms with Gasteiger partial charge in [-0.05, 0) is 73.0 Å².